The topological polar surface area (TPSA) is 104 Å². The van der Waals surface area contributed by atoms with Crippen molar-refractivity contribution in [3.63, 3.8) is 0 Å². The molecule has 0 fully saturated rings. The highest BCUT2D eigenvalue weighted by molar-refractivity contribution is 5.89. The number of carboxylic acid groups (broad SMARTS) is 1. The van der Waals surface area contributed by atoms with Crippen LogP contribution >= 0.6 is 0 Å². The van der Waals surface area contributed by atoms with Crippen LogP contribution in [-0.2, 0) is 4.74 Å². The van der Waals surface area contributed by atoms with Crippen LogP contribution in [0.4, 0.5) is 0 Å². The second-order valence-electron chi connectivity index (χ2n) is 6.96. The number of rotatable bonds is 14. The Morgan fingerprint density at radius 2 is 1.26 bits per heavy atom. The van der Waals surface area contributed by atoms with E-state index in [4.69, 9.17) is 28.8 Å². The first-order chi connectivity index (χ1) is 16.6. The molecule has 0 radical (unpaired) electrons. The van der Waals surface area contributed by atoms with Crippen molar-refractivity contribution in [2.24, 2.45) is 0 Å². The second kappa shape index (κ2) is 13.1. The van der Waals surface area contributed by atoms with Crippen molar-refractivity contribution >= 4 is 5.97 Å². The van der Waals surface area contributed by atoms with E-state index in [1.54, 1.807) is 48.5 Å². The largest absolute Gasteiger partial charge is 0.487 e. The normalized spacial score (nSPS) is 11.5. The molecule has 8 heteroatoms. The van der Waals surface area contributed by atoms with Crippen LogP contribution in [0, 0.1) is 0 Å². The summed E-state index contributed by atoms with van der Waals surface area (Å²) in [5, 5.41) is 18.5. The zero-order valence-electron chi connectivity index (χ0n) is 18.9. The van der Waals surface area contributed by atoms with Crippen LogP contribution in [0.5, 0.6) is 23.0 Å². The number of ether oxygens (including phenoxy) is 5. The van der Waals surface area contributed by atoms with Crippen LogP contribution in [0.3, 0.4) is 0 Å². The highest BCUT2D eigenvalue weighted by Crippen LogP contribution is 2.33. The lowest BCUT2D eigenvalue weighted by atomic mass is 10.1. The lowest BCUT2D eigenvalue weighted by molar-refractivity contribution is -0.0803. The first-order valence-electron chi connectivity index (χ1n) is 10.9. The summed E-state index contributed by atoms with van der Waals surface area (Å²) in [6, 6.07) is 20.8. The molecule has 0 aliphatic carbocycles. The lowest BCUT2D eigenvalue weighted by Crippen LogP contribution is -2.17. The van der Waals surface area contributed by atoms with Crippen LogP contribution in [0.1, 0.15) is 29.1 Å². The summed E-state index contributed by atoms with van der Waals surface area (Å²) < 4.78 is 28.9. The number of carbonyl (C=O) groups is 1. The van der Waals surface area contributed by atoms with E-state index < -0.39 is 12.3 Å². The Kier molecular flexibility index (Phi) is 9.57. The molecule has 0 aliphatic heterocycles. The summed E-state index contributed by atoms with van der Waals surface area (Å²) in [7, 11) is 0. The van der Waals surface area contributed by atoms with Gasteiger partial charge in [-0.05, 0) is 37.3 Å². The molecule has 8 nitrogen and oxygen atoms in total. The number of para-hydroxylation sites is 4. The van der Waals surface area contributed by atoms with Gasteiger partial charge in [0.05, 0.1) is 12.2 Å². The van der Waals surface area contributed by atoms with Gasteiger partial charge < -0.3 is 33.9 Å². The molecule has 0 aromatic heterocycles. The van der Waals surface area contributed by atoms with Gasteiger partial charge in [-0.2, -0.15) is 0 Å². The van der Waals surface area contributed by atoms with Gasteiger partial charge in [0.15, 0.2) is 23.0 Å². The van der Waals surface area contributed by atoms with E-state index in [1.807, 2.05) is 25.1 Å². The zero-order valence-corrected chi connectivity index (χ0v) is 18.9. The maximum Gasteiger partial charge on any atom is 0.336 e. The summed E-state index contributed by atoms with van der Waals surface area (Å²) in [4.78, 5) is 11.7. The van der Waals surface area contributed by atoms with E-state index >= 15 is 0 Å². The molecule has 0 spiro atoms. The molecule has 3 aromatic carbocycles. The van der Waals surface area contributed by atoms with Gasteiger partial charge in [-0.3, -0.25) is 0 Å². The van der Waals surface area contributed by atoms with Crippen LogP contribution in [0.25, 0.3) is 0 Å². The van der Waals surface area contributed by atoms with Crippen molar-refractivity contribution in [3.8, 4) is 23.0 Å². The second-order valence-corrected chi connectivity index (χ2v) is 6.96. The molecular formula is C26H28O8. The van der Waals surface area contributed by atoms with Crippen LogP contribution < -0.4 is 18.9 Å². The minimum absolute atomic E-state index is 0.0894. The molecule has 1 unspecified atom stereocenters. The molecule has 0 aliphatic rings. The first-order valence-corrected chi connectivity index (χ1v) is 10.9. The molecule has 180 valence electrons. The number of hydrogen-bond donors (Lipinski definition) is 2. The van der Waals surface area contributed by atoms with E-state index in [-0.39, 0.29) is 32.0 Å². The van der Waals surface area contributed by atoms with E-state index in [9.17, 15) is 9.90 Å². The van der Waals surface area contributed by atoms with Gasteiger partial charge in [-0.15, -0.1) is 0 Å². The summed E-state index contributed by atoms with van der Waals surface area (Å²) in [6.45, 7) is 2.68. The molecule has 0 heterocycles. The molecule has 3 rings (SSSR count). The minimum Gasteiger partial charge on any atom is -0.487 e. The van der Waals surface area contributed by atoms with Gasteiger partial charge in [0.1, 0.15) is 19.8 Å². The van der Waals surface area contributed by atoms with Gasteiger partial charge in [0.2, 0.25) is 6.29 Å². The summed E-state index contributed by atoms with van der Waals surface area (Å²) in [5.41, 5.74) is 0.518. The molecule has 0 saturated heterocycles. The van der Waals surface area contributed by atoms with Gasteiger partial charge in [-0.25, -0.2) is 4.79 Å². The minimum atomic E-state index is -1.06. The monoisotopic (exact) mass is 468 g/mol. The Balaban J connectivity index is 1.66. The predicted octanol–water partition coefficient (Wildman–Crippen LogP) is 4.33. The number of benzene rings is 3. The smallest absolute Gasteiger partial charge is 0.336 e. The summed E-state index contributed by atoms with van der Waals surface area (Å²) in [6.07, 6.45) is -0.922. The van der Waals surface area contributed by atoms with E-state index in [2.05, 4.69) is 0 Å². The number of aliphatic hydroxyl groups is 1. The Bertz CT molecular complexity index is 1050. The Morgan fingerprint density at radius 3 is 1.82 bits per heavy atom. The van der Waals surface area contributed by atoms with Crippen molar-refractivity contribution in [3.05, 3.63) is 83.9 Å². The van der Waals surface area contributed by atoms with Crippen LogP contribution in [0.2, 0.25) is 0 Å². The third kappa shape index (κ3) is 6.87. The molecule has 2 N–H and O–H groups in total. The summed E-state index contributed by atoms with van der Waals surface area (Å²) in [5.74, 6) is 0.901. The van der Waals surface area contributed by atoms with Crippen molar-refractivity contribution < 1.29 is 38.7 Å². The molecule has 1 atom stereocenters. The highest BCUT2D eigenvalue weighted by atomic mass is 16.7. The maximum atomic E-state index is 11.7. The Hall–Kier alpha value is -3.75. The Morgan fingerprint density at radius 1 is 0.765 bits per heavy atom. The van der Waals surface area contributed by atoms with E-state index in [0.29, 0.717) is 35.2 Å². The van der Waals surface area contributed by atoms with Crippen molar-refractivity contribution in [2.75, 3.05) is 33.0 Å². The lowest BCUT2D eigenvalue weighted by Gasteiger charge is -2.22. The van der Waals surface area contributed by atoms with Gasteiger partial charge in [-0.1, -0.05) is 42.5 Å². The fourth-order valence-corrected chi connectivity index (χ4v) is 3.17. The SMILES string of the molecule is CCOC(Oc1ccccc1OCCOc1ccccc1OCCO)c1ccccc1C(=O)O. The average molecular weight is 469 g/mol. The Labute approximate surface area is 198 Å². The van der Waals surface area contributed by atoms with Gasteiger partial charge in [0.25, 0.3) is 0 Å². The van der Waals surface area contributed by atoms with E-state index in [1.165, 1.54) is 6.07 Å². The quantitative estimate of drug-likeness (QED) is 0.266. The third-order valence-electron chi connectivity index (χ3n) is 4.64. The molecule has 34 heavy (non-hydrogen) atoms. The number of hydrogen-bond acceptors (Lipinski definition) is 7. The van der Waals surface area contributed by atoms with Crippen molar-refractivity contribution in [1.29, 1.82) is 0 Å². The average Bonchev–Trinajstić information content (AvgIpc) is 2.86. The molecule has 0 saturated carbocycles. The van der Waals surface area contributed by atoms with Gasteiger partial charge >= 0.3 is 5.97 Å². The third-order valence-corrected chi connectivity index (χ3v) is 4.64. The summed E-state index contributed by atoms with van der Waals surface area (Å²) >= 11 is 0. The van der Waals surface area contributed by atoms with Gasteiger partial charge in [0, 0.05) is 12.2 Å². The number of aliphatic hydroxyl groups excluding tert-OH is 1. The molecular weight excluding hydrogens is 440 g/mol. The number of carboxylic acids is 1. The maximum absolute atomic E-state index is 11.7. The van der Waals surface area contributed by atoms with E-state index in [0.717, 1.165) is 0 Å². The van der Waals surface area contributed by atoms with Crippen LogP contribution in [-0.4, -0.2) is 49.2 Å². The zero-order chi connectivity index (χ0) is 24.2. The standard InChI is InChI=1S/C26H28O8/c1-2-30-26(20-10-4-3-9-19(20)25(28)29)34-24-14-8-7-13-23(24)33-18-17-32-22-12-6-5-11-21(22)31-16-15-27/h3-14,26-27H,2,15-18H2,1H3,(H,28,29). The molecule has 3 aromatic rings. The highest BCUT2D eigenvalue weighted by Gasteiger charge is 2.22. The van der Waals surface area contributed by atoms with Crippen LogP contribution in [0.15, 0.2) is 72.8 Å². The predicted molar refractivity (Wildman–Crippen MR) is 125 cm³/mol. The molecule has 0 amide bonds. The number of aromatic carboxylic acids is 1. The first kappa shape index (κ1) is 24.9. The fourth-order valence-electron chi connectivity index (χ4n) is 3.17. The van der Waals surface area contributed by atoms with Crippen molar-refractivity contribution in [1.82, 2.24) is 0 Å². The van der Waals surface area contributed by atoms with Crippen molar-refractivity contribution in [2.45, 2.75) is 13.2 Å². The molecule has 0 bridgehead atoms. The fraction of sp³-hybridized carbons (Fsp3) is 0.269.